The van der Waals surface area contributed by atoms with Crippen LogP contribution in [0.15, 0.2) is 29.2 Å². The first kappa shape index (κ1) is 28.3. The number of sulfonamides is 1. The van der Waals surface area contributed by atoms with E-state index in [2.05, 4.69) is 11.4 Å². The number of piperidine rings is 1. The van der Waals surface area contributed by atoms with E-state index in [1.54, 1.807) is 42.7 Å². The Hall–Kier alpha value is -3.21. The third-order valence-corrected chi connectivity index (χ3v) is 9.23. The van der Waals surface area contributed by atoms with Gasteiger partial charge < -0.3 is 19.9 Å². The van der Waals surface area contributed by atoms with E-state index in [1.807, 2.05) is 11.8 Å². The van der Waals surface area contributed by atoms with Crippen LogP contribution in [0.25, 0.3) is 0 Å². The van der Waals surface area contributed by atoms with Gasteiger partial charge in [0.2, 0.25) is 21.8 Å². The van der Waals surface area contributed by atoms with E-state index in [-0.39, 0.29) is 41.4 Å². The van der Waals surface area contributed by atoms with E-state index in [0.717, 1.165) is 6.42 Å². The second-order valence-electron chi connectivity index (χ2n) is 12.3. The molecule has 4 aliphatic rings. The fourth-order valence-corrected chi connectivity index (χ4v) is 7.02. The van der Waals surface area contributed by atoms with Crippen LogP contribution in [0, 0.1) is 17.2 Å². The molecule has 1 aliphatic carbocycles. The van der Waals surface area contributed by atoms with Crippen LogP contribution in [0.4, 0.5) is 4.79 Å². The number of primary sulfonamides is 1. The largest absolute Gasteiger partial charge is 0.444 e. The zero-order valence-electron chi connectivity index (χ0n) is 23.1. The van der Waals surface area contributed by atoms with Crippen molar-refractivity contribution in [2.45, 2.75) is 93.7 Å². The molecule has 5 rings (SSSR count). The van der Waals surface area contributed by atoms with Crippen molar-refractivity contribution in [3.05, 3.63) is 29.8 Å². The molecule has 3 heterocycles. The number of nitrogens with one attached hydrogen (secondary N) is 1. The zero-order chi connectivity index (χ0) is 29.1. The summed E-state index contributed by atoms with van der Waals surface area (Å²) in [6.45, 7) is 7.65. The van der Waals surface area contributed by atoms with Gasteiger partial charge in [-0.2, -0.15) is 5.26 Å². The molecule has 216 valence electrons. The number of nitrogens with zero attached hydrogens (tertiary/aromatic N) is 4. The summed E-state index contributed by atoms with van der Waals surface area (Å²) in [5, 5.41) is 17.6. The minimum absolute atomic E-state index is 0.0136. The first-order chi connectivity index (χ1) is 18.7. The van der Waals surface area contributed by atoms with Crippen LogP contribution >= 0.6 is 0 Å². The predicted octanol–water partition coefficient (Wildman–Crippen LogP) is 1.09. The molecule has 1 aromatic carbocycles. The molecule has 2 bridgehead atoms. The van der Waals surface area contributed by atoms with Crippen LogP contribution in [0.2, 0.25) is 0 Å². The Morgan fingerprint density at radius 1 is 1.25 bits per heavy atom. The average molecular weight is 573 g/mol. The van der Waals surface area contributed by atoms with Crippen LogP contribution in [0.3, 0.4) is 0 Å². The minimum atomic E-state index is -3.88. The summed E-state index contributed by atoms with van der Waals surface area (Å²) >= 11 is 0. The monoisotopic (exact) mass is 572 g/mol. The molecule has 0 aromatic heterocycles. The number of fused-ring (bicyclic) bond motifs is 3. The number of hydrogen-bond acceptors (Lipinski definition) is 8. The van der Waals surface area contributed by atoms with Gasteiger partial charge in [0.15, 0.2) is 0 Å². The van der Waals surface area contributed by atoms with Gasteiger partial charge >= 0.3 is 6.09 Å². The number of ether oxygens (including phenoxy) is 1. The maximum atomic E-state index is 13.7. The van der Waals surface area contributed by atoms with Gasteiger partial charge in [-0.3, -0.25) is 14.5 Å². The van der Waals surface area contributed by atoms with E-state index < -0.39 is 39.8 Å². The van der Waals surface area contributed by atoms with Crippen LogP contribution in [0.1, 0.15) is 58.6 Å². The summed E-state index contributed by atoms with van der Waals surface area (Å²) < 4.78 is 29.1. The van der Waals surface area contributed by atoms with Gasteiger partial charge in [-0.1, -0.05) is 12.1 Å². The fourth-order valence-electron chi connectivity index (χ4n) is 6.45. The van der Waals surface area contributed by atoms with E-state index in [0.29, 0.717) is 30.9 Å². The number of benzene rings is 1. The Morgan fingerprint density at radius 2 is 1.98 bits per heavy atom. The number of piperazine rings is 1. The Balaban J connectivity index is 1.32. The van der Waals surface area contributed by atoms with Gasteiger partial charge in [0.05, 0.1) is 23.0 Å². The lowest BCUT2D eigenvalue weighted by molar-refractivity contribution is -0.141. The number of nitrogens with two attached hydrogens (primary N) is 1. The fraction of sp³-hybridized carbons (Fsp3) is 0.630. The van der Waals surface area contributed by atoms with Gasteiger partial charge in [-0.25, -0.2) is 18.4 Å². The molecule has 3 aliphatic heterocycles. The van der Waals surface area contributed by atoms with Gasteiger partial charge in [0, 0.05) is 25.2 Å². The van der Waals surface area contributed by atoms with Crippen LogP contribution in [-0.4, -0.2) is 89.9 Å². The highest BCUT2D eigenvalue weighted by atomic mass is 32.2. The van der Waals surface area contributed by atoms with Gasteiger partial charge in [0.1, 0.15) is 17.7 Å². The Kier molecular flexibility index (Phi) is 7.09. The van der Waals surface area contributed by atoms with E-state index in [9.17, 15) is 28.1 Å². The van der Waals surface area contributed by atoms with Crippen molar-refractivity contribution in [2.24, 2.45) is 11.1 Å². The van der Waals surface area contributed by atoms with Gasteiger partial charge in [-0.05, 0) is 70.6 Å². The summed E-state index contributed by atoms with van der Waals surface area (Å²) in [5.74, 6) is -0.128. The average Bonchev–Trinajstić information content (AvgIpc) is 3.18. The molecule has 3 amide bonds. The summed E-state index contributed by atoms with van der Waals surface area (Å²) in [5.41, 5.74) is -0.101. The lowest BCUT2D eigenvalue weighted by Crippen LogP contribution is -2.59. The summed E-state index contributed by atoms with van der Waals surface area (Å²) in [4.78, 5) is 45.2. The lowest BCUT2D eigenvalue weighted by Gasteiger charge is -2.39. The molecular formula is C27H36N6O6S. The standard InChI is InChI=1S/C27H36N6O6S/c1-15(16-6-5-7-20(9-16)40(29,37)38)32-19-11-23(25(32)35)31(13-19)14-21(30-26(36)39-27(2,3)4)24(34)33-18(12-28)8-17-10-22(17)33/h5-7,9,15,17-19,21-23H,8,10-11,13-14H2,1-4H3,(H,30,36)(H2,29,37,38)/t15-,17+,18-,19-,21-,22-,23-/m0/s1. The minimum Gasteiger partial charge on any atom is -0.444 e. The summed E-state index contributed by atoms with van der Waals surface area (Å²) in [7, 11) is -3.88. The van der Waals surface area contributed by atoms with Crippen molar-refractivity contribution in [1.29, 1.82) is 5.26 Å². The van der Waals surface area contributed by atoms with E-state index in [1.165, 1.54) is 12.1 Å². The van der Waals surface area contributed by atoms with Gasteiger partial charge in [-0.15, -0.1) is 0 Å². The molecule has 40 heavy (non-hydrogen) atoms. The highest BCUT2D eigenvalue weighted by molar-refractivity contribution is 7.89. The first-order valence-electron chi connectivity index (χ1n) is 13.6. The molecule has 13 heteroatoms. The van der Waals surface area contributed by atoms with Crippen molar-refractivity contribution < 1.29 is 27.5 Å². The van der Waals surface area contributed by atoms with Crippen molar-refractivity contribution in [3.8, 4) is 6.07 Å². The Bertz CT molecular complexity index is 1370. The number of amides is 3. The molecule has 4 fully saturated rings. The topological polar surface area (TPSA) is 166 Å². The number of carbonyl (C=O) groups is 3. The van der Waals surface area contributed by atoms with Crippen molar-refractivity contribution >= 4 is 27.9 Å². The predicted molar refractivity (Wildman–Crippen MR) is 143 cm³/mol. The normalized spacial score (nSPS) is 29.1. The summed E-state index contributed by atoms with van der Waals surface area (Å²) in [6, 6.07) is 6.00. The highest BCUT2D eigenvalue weighted by Crippen LogP contribution is 2.48. The highest BCUT2D eigenvalue weighted by Gasteiger charge is 2.56. The molecule has 0 radical (unpaired) electrons. The van der Waals surface area contributed by atoms with Crippen LogP contribution < -0.4 is 10.5 Å². The number of carbonyl (C=O) groups excluding carboxylic acids is 3. The molecule has 7 atom stereocenters. The molecular weight excluding hydrogens is 536 g/mol. The van der Waals surface area contributed by atoms with Gasteiger partial charge in [0.25, 0.3) is 0 Å². The van der Waals surface area contributed by atoms with Crippen molar-refractivity contribution in [1.82, 2.24) is 20.0 Å². The molecule has 1 aromatic rings. The van der Waals surface area contributed by atoms with Crippen molar-refractivity contribution in [2.75, 3.05) is 13.1 Å². The second kappa shape index (κ2) is 10.0. The number of rotatable bonds is 7. The molecule has 1 saturated carbocycles. The molecule has 12 nitrogen and oxygen atoms in total. The molecule has 3 saturated heterocycles. The second-order valence-corrected chi connectivity index (χ2v) is 13.8. The molecule has 3 N–H and O–H groups in total. The number of hydrogen-bond donors (Lipinski definition) is 2. The summed E-state index contributed by atoms with van der Waals surface area (Å²) in [6.07, 6.45) is 1.32. The maximum Gasteiger partial charge on any atom is 0.408 e. The SMILES string of the molecule is C[C@@H](c1cccc(S(N)(=O)=O)c1)N1C(=O)[C@@H]2C[C@H]1CN2C[C@H](NC(=O)OC(C)(C)C)C(=O)N1[C@H](C#N)C[C@@H]2C[C@@H]21. The van der Waals surface area contributed by atoms with Crippen molar-refractivity contribution in [3.63, 3.8) is 0 Å². The quantitative estimate of drug-likeness (QED) is 0.490. The number of alkyl carbamates (subject to hydrolysis) is 1. The smallest absolute Gasteiger partial charge is 0.408 e. The zero-order valence-corrected chi connectivity index (χ0v) is 23.9. The van der Waals surface area contributed by atoms with E-state index in [4.69, 9.17) is 9.88 Å². The first-order valence-corrected chi connectivity index (χ1v) is 15.1. The number of nitriles is 1. The lowest BCUT2D eigenvalue weighted by atomic mass is 10.1. The maximum absolute atomic E-state index is 13.7. The number of likely N-dealkylation sites (tertiary alicyclic amines) is 3. The van der Waals surface area contributed by atoms with Crippen LogP contribution in [0.5, 0.6) is 0 Å². The Morgan fingerprint density at radius 3 is 2.60 bits per heavy atom. The third kappa shape index (κ3) is 5.40. The third-order valence-electron chi connectivity index (χ3n) is 8.31. The van der Waals surface area contributed by atoms with Crippen LogP contribution in [-0.2, 0) is 24.3 Å². The molecule has 0 unspecified atom stereocenters. The van der Waals surface area contributed by atoms with E-state index >= 15 is 0 Å². The Labute approximate surface area is 234 Å². The molecule has 0 spiro atoms.